The number of nitrogens with one attached hydrogen (secondary N) is 2. The van der Waals surface area contributed by atoms with E-state index in [1.54, 1.807) is 13.8 Å². The molecule has 7 heteroatoms. The lowest BCUT2D eigenvalue weighted by molar-refractivity contribution is -0.143. The smallest absolute Gasteiger partial charge is 0.407 e. The Balaban J connectivity index is 1.58. The molecule has 176 valence electrons. The van der Waals surface area contributed by atoms with Gasteiger partial charge in [0.1, 0.15) is 12.6 Å². The third kappa shape index (κ3) is 5.72. The van der Waals surface area contributed by atoms with Crippen LogP contribution in [0.1, 0.15) is 50.7 Å². The summed E-state index contributed by atoms with van der Waals surface area (Å²) in [6.45, 7) is 5.69. The Labute approximate surface area is 194 Å². The van der Waals surface area contributed by atoms with E-state index in [1.165, 1.54) is 0 Å². The molecule has 3 N–H and O–H groups in total. The number of carboxylic acid groups (broad SMARTS) is 1. The van der Waals surface area contributed by atoms with Crippen LogP contribution in [0, 0.1) is 11.8 Å². The van der Waals surface area contributed by atoms with Crippen molar-refractivity contribution in [3.63, 3.8) is 0 Å². The summed E-state index contributed by atoms with van der Waals surface area (Å²) in [6.07, 6.45) is 0.661. The van der Waals surface area contributed by atoms with Gasteiger partial charge in [-0.15, -0.1) is 0 Å². The predicted molar refractivity (Wildman–Crippen MR) is 126 cm³/mol. The fourth-order valence-corrected chi connectivity index (χ4v) is 4.31. The van der Waals surface area contributed by atoms with Gasteiger partial charge in [0.2, 0.25) is 5.91 Å². The van der Waals surface area contributed by atoms with Crippen LogP contribution in [0.3, 0.4) is 0 Å². The van der Waals surface area contributed by atoms with Crippen LogP contribution >= 0.6 is 0 Å². The molecule has 0 saturated carbocycles. The van der Waals surface area contributed by atoms with Gasteiger partial charge in [-0.2, -0.15) is 0 Å². The molecule has 2 aromatic rings. The Hall–Kier alpha value is -3.35. The molecule has 2 aromatic carbocycles. The minimum absolute atomic E-state index is 0.0414. The summed E-state index contributed by atoms with van der Waals surface area (Å²) >= 11 is 0. The summed E-state index contributed by atoms with van der Waals surface area (Å²) in [6, 6.07) is 15.2. The van der Waals surface area contributed by atoms with Gasteiger partial charge in [-0.3, -0.25) is 4.79 Å². The van der Waals surface area contributed by atoms with E-state index in [-0.39, 0.29) is 30.9 Å². The monoisotopic (exact) mass is 452 g/mol. The molecule has 0 bridgehead atoms. The van der Waals surface area contributed by atoms with Crippen molar-refractivity contribution in [1.82, 2.24) is 10.6 Å². The standard InChI is InChI=1S/C26H32N2O5/c1-4-9-17(24(29)28-23(16(2)3)25(30)31)14-27-26(32)33-15-22-20-12-7-5-10-18(20)19-11-6-8-13-21(19)22/h5-8,10-13,16-17,22-23H,4,9,14-15H2,1-3H3,(H,27,32)(H,28,29)(H,30,31)/t17?,23-/m1/s1. The maximum atomic E-state index is 12.6. The lowest BCUT2D eigenvalue weighted by Gasteiger charge is -2.22. The van der Waals surface area contributed by atoms with Crippen LogP contribution in [0.15, 0.2) is 48.5 Å². The van der Waals surface area contributed by atoms with Crippen molar-refractivity contribution in [3.05, 3.63) is 59.7 Å². The SMILES string of the molecule is CCCC(CNC(=O)OCC1c2ccccc2-c2ccccc21)C(=O)N[C@@H](C(=O)O)C(C)C. The first kappa shape index (κ1) is 24.3. The molecule has 33 heavy (non-hydrogen) atoms. The Morgan fingerprint density at radius 3 is 2.09 bits per heavy atom. The van der Waals surface area contributed by atoms with E-state index in [0.717, 1.165) is 28.7 Å². The number of ether oxygens (including phenoxy) is 1. The average molecular weight is 453 g/mol. The molecule has 3 rings (SSSR count). The van der Waals surface area contributed by atoms with Gasteiger partial charge in [0, 0.05) is 12.5 Å². The van der Waals surface area contributed by atoms with Crippen LogP contribution < -0.4 is 10.6 Å². The molecule has 0 radical (unpaired) electrons. The number of carbonyl (C=O) groups is 3. The number of rotatable bonds is 10. The second kappa shape index (κ2) is 11.0. The maximum absolute atomic E-state index is 12.6. The van der Waals surface area contributed by atoms with Gasteiger partial charge in [0.15, 0.2) is 0 Å². The number of carboxylic acids is 1. The van der Waals surface area contributed by atoms with Crippen LogP contribution in [0.4, 0.5) is 4.79 Å². The van der Waals surface area contributed by atoms with Gasteiger partial charge in [-0.25, -0.2) is 9.59 Å². The fraction of sp³-hybridized carbons (Fsp3) is 0.423. The molecule has 1 aliphatic carbocycles. The largest absolute Gasteiger partial charge is 0.480 e. The third-order valence-electron chi connectivity index (χ3n) is 6.07. The van der Waals surface area contributed by atoms with Crippen molar-refractivity contribution >= 4 is 18.0 Å². The molecule has 0 spiro atoms. The first-order chi connectivity index (χ1) is 15.8. The number of alkyl carbamates (subject to hydrolysis) is 1. The highest BCUT2D eigenvalue weighted by Gasteiger charge is 2.30. The number of benzene rings is 2. The summed E-state index contributed by atoms with van der Waals surface area (Å²) in [5.41, 5.74) is 4.56. The molecule has 7 nitrogen and oxygen atoms in total. The zero-order chi connectivity index (χ0) is 24.0. The van der Waals surface area contributed by atoms with E-state index < -0.39 is 24.0 Å². The van der Waals surface area contributed by atoms with Gasteiger partial charge in [-0.1, -0.05) is 75.7 Å². The highest BCUT2D eigenvalue weighted by atomic mass is 16.5. The molecule has 0 heterocycles. The van der Waals surface area contributed by atoms with E-state index in [4.69, 9.17) is 4.74 Å². The van der Waals surface area contributed by atoms with E-state index >= 15 is 0 Å². The zero-order valence-corrected chi connectivity index (χ0v) is 19.3. The van der Waals surface area contributed by atoms with Gasteiger partial charge >= 0.3 is 12.1 Å². The minimum atomic E-state index is -1.07. The summed E-state index contributed by atoms with van der Waals surface area (Å²) in [4.78, 5) is 36.5. The Morgan fingerprint density at radius 1 is 1.00 bits per heavy atom. The lowest BCUT2D eigenvalue weighted by atomic mass is 9.98. The van der Waals surface area contributed by atoms with Crippen LogP contribution in [0.2, 0.25) is 0 Å². The molecule has 2 amide bonds. The van der Waals surface area contributed by atoms with Crippen molar-refractivity contribution < 1.29 is 24.2 Å². The summed E-state index contributed by atoms with van der Waals surface area (Å²) < 4.78 is 5.53. The van der Waals surface area contributed by atoms with E-state index in [9.17, 15) is 19.5 Å². The first-order valence-electron chi connectivity index (χ1n) is 11.5. The number of aliphatic carboxylic acids is 1. The number of amides is 2. The fourth-order valence-electron chi connectivity index (χ4n) is 4.31. The van der Waals surface area contributed by atoms with Crippen molar-refractivity contribution in [1.29, 1.82) is 0 Å². The van der Waals surface area contributed by atoms with Crippen LogP contribution in [0.5, 0.6) is 0 Å². The van der Waals surface area contributed by atoms with Gasteiger partial charge in [0.25, 0.3) is 0 Å². The second-order valence-corrected chi connectivity index (χ2v) is 8.76. The lowest BCUT2D eigenvalue weighted by Crippen LogP contribution is -2.48. The highest BCUT2D eigenvalue weighted by Crippen LogP contribution is 2.44. The normalized spacial score (nSPS) is 14.2. The summed E-state index contributed by atoms with van der Waals surface area (Å²) in [5.74, 6) is -2.27. The van der Waals surface area contributed by atoms with E-state index in [0.29, 0.717) is 6.42 Å². The molecule has 0 aromatic heterocycles. The molecule has 2 atom stereocenters. The number of fused-ring (bicyclic) bond motifs is 3. The van der Waals surface area contributed by atoms with E-state index in [2.05, 4.69) is 34.9 Å². The van der Waals surface area contributed by atoms with Gasteiger partial charge in [-0.05, 0) is 34.6 Å². The Morgan fingerprint density at radius 2 is 1.58 bits per heavy atom. The van der Waals surface area contributed by atoms with Crippen molar-refractivity contribution in [2.24, 2.45) is 11.8 Å². The average Bonchev–Trinajstić information content (AvgIpc) is 3.12. The Kier molecular flexibility index (Phi) is 8.09. The molecule has 1 aliphatic rings. The first-order valence-corrected chi connectivity index (χ1v) is 11.5. The highest BCUT2D eigenvalue weighted by molar-refractivity contribution is 5.85. The van der Waals surface area contributed by atoms with Crippen LogP contribution in [-0.4, -0.2) is 42.3 Å². The maximum Gasteiger partial charge on any atom is 0.407 e. The quantitative estimate of drug-likeness (QED) is 0.502. The summed E-state index contributed by atoms with van der Waals surface area (Å²) in [7, 11) is 0. The predicted octanol–water partition coefficient (Wildman–Crippen LogP) is 4.17. The molecule has 0 saturated heterocycles. The Bertz CT molecular complexity index is 958. The minimum Gasteiger partial charge on any atom is -0.480 e. The van der Waals surface area contributed by atoms with Gasteiger partial charge in [0.05, 0.1) is 5.92 Å². The van der Waals surface area contributed by atoms with Gasteiger partial charge < -0.3 is 20.5 Å². The molecule has 0 fully saturated rings. The second-order valence-electron chi connectivity index (χ2n) is 8.76. The molecular formula is C26H32N2O5. The molecular weight excluding hydrogens is 420 g/mol. The summed E-state index contributed by atoms with van der Waals surface area (Å²) in [5, 5.41) is 14.6. The van der Waals surface area contributed by atoms with Crippen molar-refractivity contribution in [3.8, 4) is 11.1 Å². The molecule has 1 unspecified atom stereocenters. The van der Waals surface area contributed by atoms with Crippen LogP contribution in [-0.2, 0) is 14.3 Å². The van der Waals surface area contributed by atoms with Crippen LogP contribution in [0.25, 0.3) is 11.1 Å². The van der Waals surface area contributed by atoms with Crippen molar-refractivity contribution in [2.75, 3.05) is 13.2 Å². The zero-order valence-electron chi connectivity index (χ0n) is 19.3. The number of hydrogen-bond donors (Lipinski definition) is 3. The number of carbonyl (C=O) groups excluding carboxylic acids is 2. The topological polar surface area (TPSA) is 105 Å². The van der Waals surface area contributed by atoms with Crippen molar-refractivity contribution in [2.45, 2.75) is 45.6 Å². The molecule has 0 aliphatic heterocycles. The number of hydrogen-bond acceptors (Lipinski definition) is 4. The van der Waals surface area contributed by atoms with E-state index in [1.807, 2.05) is 31.2 Å². The third-order valence-corrected chi connectivity index (χ3v) is 6.07.